The number of halogens is 1. The molecule has 0 N–H and O–H groups in total. The van der Waals surface area contributed by atoms with Crippen molar-refractivity contribution in [1.82, 2.24) is 0 Å². The molecule has 14 heavy (non-hydrogen) atoms. The van der Waals surface area contributed by atoms with Crippen LogP contribution in [0, 0.1) is 5.41 Å². The third-order valence-electron chi connectivity index (χ3n) is 1.34. The molecule has 0 fully saturated rings. The van der Waals surface area contributed by atoms with E-state index >= 15 is 0 Å². The van der Waals surface area contributed by atoms with Crippen molar-refractivity contribution in [2.45, 2.75) is 55.4 Å². The third kappa shape index (κ3) is 14.0. The topological polar surface area (TPSA) is 0 Å². The summed E-state index contributed by atoms with van der Waals surface area (Å²) in [5, 5.41) is 0. The molecule has 0 radical (unpaired) electrons. The van der Waals surface area contributed by atoms with Gasteiger partial charge in [-0.1, -0.05) is 55.0 Å². The summed E-state index contributed by atoms with van der Waals surface area (Å²) in [5.74, 6) is -0.181. The molecule has 0 aromatic rings. The molecule has 0 amide bonds. The van der Waals surface area contributed by atoms with Crippen LogP contribution in [0.15, 0.2) is 24.1 Å². The van der Waals surface area contributed by atoms with E-state index in [1.54, 1.807) is 0 Å². The Morgan fingerprint density at radius 2 is 1.36 bits per heavy atom. The Morgan fingerprint density at radius 3 is 1.43 bits per heavy atom. The molecule has 0 aromatic carbocycles. The van der Waals surface area contributed by atoms with Crippen LogP contribution < -0.4 is 0 Å². The predicted molar refractivity (Wildman–Crippen MR) is 66.2 cm³/mol. The maximum Gasteiger partial charge on any atom is 0.0971 e. The molecule has 0 unspecified atom stereocenters. The van der Waals surface area contributed by atoms with Crippen LogP contribution in [0.2, 0.25) is 0 Å². The lowest BCUT2D eigenvalue weighted by Crippen LogP contribution is -2.06. The molecule has 0 saturated carbocycles. The van der Waals surface area contributed by atoms with Crippen LogP contribution in [0.25, 0.3) is 0 Å². The Kier molecular flexibility index (Phi) is 14.3. The average molecular weight is 202 g/mol. The highest BCUT2D eigenvalue weighted by atomic mass is 19.1. The number of allylic oxidation sites excluding steroid dienone is 3. The van der Waals surface area contributed by atoms with Crippen molar-refractivity contribution in [3.05, 3.63) is 24.1 Å². The molecule has 0 spiro atoms. The molecule has 0 aliphatic rings. The highest BCUT2D eigenvalue weighted by Gasteiger charge is 2.12. The molecule has 0 nitrogen and oxygen atoms in total. The van der Waals surface area contributed by atoms with E-state index in [1.807, 2.05) is 48.5 Å². The van der Waals surface area contributed by atoms with Gasteiger partial charge in [-0.25, -0.2) is 4.39 Å². The van der Waals surface area contributed by atoms with Crippen LogP contribution in [0.1, 0.15) is 55.4 Å². The fourth-order valence-electron chi connectivity index (χ4n) is 0.457. The van der Waals surface area contributed by atoms with Gasteiger partial charge in [-0.3, -0.25) is 0 Å². The van der Waals surface area contributed by atoms with Gasteiger partial charge in [0.05, 0.1) is 5.83 Å². The lowest BCUT2D eigenvalue weighted by molar-refractivity contribution is 0.513. The normalized spacial score (nSPS) is 10.5. The molecular weight excluding hydrogens is 175 g/mol. The summed E-state index contributed by atoms with van der Waals surface area (Å²) in [6.07, 6.45) is 1.47. The molecule has 0 aliphatic heterocycles. The summed E-state index contributed by atoms with van der Waals surface area (Å²) in [6.45, 7) is 19.2. The van der Waals surface area contributed by atoms with Crippen molar-refractivity contribution < 1.29 is 4.39 Å². The Hall–Kier alpha value is -0.590. The third-order valence-corrected chi connectivity index (χ3v) is 1.34. The van der Waals surface area contributed by atoms with E-state index in [0.717, 1.165) is 5.57 Å². The minimum atomic E-state index is -0.181. The van der Waals surface area contributed by atoms with Crippen molar-refractivity contribution >= 4 is 0 Å². The Labute approximate surface area is 89.9 Å². The maximum absolute atomic E-state index is 12.3. The second-order valence-corrected chi connectivity index (χ2v) is 3.51. The fourth-order valence-corrected chi connectivity index (χ4v) is 0.457. The predicted octanol–water partition coefficient (Wildman–Crippen LogP) is 5.51. The highest BCUT2D eigenvalue weighted by Crippen LogP contribution is 2.25. The lowest BCUT2D eigenvalue weighted by Gasteiger charge is -2.18. The first-order chi connectivity index (χ1) is 6.34. The minimum absolute atomic E-state index is 0.0205. The molecule has 0 bridgehead atoms. The summed E-state index contributed by atoms with van der Waals surface area (Å²) >= 11 is 0. The molecule has 0 atom stereocenters. The monoisotopic (exact) mass is 202 g/mol. The fraction of sp³-hybridized carbons (Fsp3) is 0.692. The average Bonchev–Trinajstić information content (AvgIpc) is 2.09. The Bertz CT molecular complexity index is 155. The summed E-state index contributed by atoms with van der Waals surface area (Å²) in [4.78, 5) is 0. The van der Waals surface area contributed by atoms with Gasteiger partial charge in [0.2, 0.25) is 0 Å². The van der Waals surface area contributed by atoms with E-state index in [9.17, 15) is 4.39 Å². The zero-order chi connectivity index (χ0) is 12.4. The first kappa shape index (κ1) is 19.1. The first-order valence-corrected chi connectivity index (χ1v) is 5.37. The zero-order valence-electron chi connectivity index (χ0n) is 11.2. The van der Waals surface area contributed by atoms with Crippen molar-refractivity contribution in [3.63, 3.8) is 0 Å². The molecule has 0 heterocycles. The SMILES string of the molecule is C=C(/C=C(\C)F)C(C)(C)C.CC.CC. The van der Waals surface area contributed by atoms with E-state index in [4.69, 9.17) is 0 Å². The van der Waals surface area contributed by atoms with Gasteiger partial charge in [-0.15, -0.1) is 0 Å². The summed E-state index contributed by atoms with van der Waals surface area (Å²) in [6, 6.07) is 0. The van der Waals surface area contributed by atoms with Gasteiger partial charge < -0.3 is 0 Å². The quantitative estimate of drug-likeness (QED) is 0.491. The Morgan fingerprint density at radius 1 is 1.07 bits per heavy atom. The smallest absolute Gasteiger partial charge is 0.0971 e. The molecule has 86 valence electrons. The minimum Gasteiger partial charge on any atom is -0.212 e. The van der Waals surface area contributed by atoms with Crippen molar-refractivity contribution in [2.75, 3.05) is 0 Å². The molecular formula is C13H27F. The van der Waals surface area contributed by atoms with Crippen LogP contribution in [-0.4, -0.2) is 0 Å². The summed E-state index contributed by atoms with van der Waals surface area (Å²) in [5.41, 5.74) is 0.806. The van der Waals surface area contributed by atoms with Crippen molar-refractivity contribution in [2.24, 2.45) is 5.41 Å². The van der Waals surface area contributed by atoms with Crippen LogP contribution in [0.3, 0.4) is 0 Å². The van der Waals surface area contributed by atoms with Gasteiger partial charge in [0, 0.05) is 0 Å². The maximum atomic E-state index is 12.3. The van der Waals surface area contributed by atoms with E-state index in [2.05, 4.69) is 6.58 Å². The van der Waals surface area contributed by atoms with Gasteiger partial charge in [0.15, 0.2) is 0 Å². The molecule has 0 rings (SSSR count). The summed E-state index contributed by atoms with van der Waals surface area (Å²) in [7, 11) is 0. The van der Waals surface area contributed by atoms with Crippen LogP contribution in [0.5, 0.6) is 0 Å². The van der Waals surface area contributed by atoms with Gasteiger partial charge >= 0.3 is 0 Å². The van der Waals surface area contributed by atoms with Gasteiger partial charge in [-0.05, 0) is 24.0 Å². The van der Waals surface area contributed by atoms with E-state index in [-0.39, 0.29) is 11.2 Å². The molecule has 0 saturated heterocycles. The number of hydrogen-bond donors (Lipinski definition) is 0. The van der Waals surface area contributed by atoms with Crippen molar-refractivity contribution in [1.29, 1.82) is 0 Å². The lowest BCUT2D eigenvalue weighted by atomic mass is 9.87. The molecule has 0 aromatic heterocycles. The molecule has 0 aliphatic carbocycles. The summed E-state index contributed by atoms with van der Waals surface area (Å²) < 4.78 is 12.3. The highest BCUT2D eigenvalue weighted by molar-refractivity contribution is 5.22. The largest absolute Gasteiger partial charge is 0.212 e. The van der Waals surface area contributed by atoms with Gasteiger partial charge in [0.25, 0.3) is 0 Å². The Balaban J connectivity index is -0.000000266. The number of rotatable bonds is 1. The van der Waals surface area contributed by atoms with Crippen LogP contribution >= 0.6 is 0 Å². The van der Waals surface area contributed by atoms with Gasteiger partial charge in [0.1, 0.15) is 0 Å². The number of hydrogen-bond acceptors (Lipinski definition) is 0. The van der Waals surface area contributed by atoms with Crippen LogP contribution in [0.4, 0.5) is 4.39 Å². The first-order valence-electron chi connectivity index (χ1n) is 5.37. The second kappa shape index (κ2) is 10.5. The van der Waals surface area contributed by atoms with E-state index in [1.165, 1.54) is 13.0 Å². The van der Waals surface area contributed by atoms with Crippen LogP contribution in [-0.2, 0) is 0 Å². The van der Waals surface area contributed by atoms with E-state index in [0.29, 0.717) is 0 Å². The van der Waals surface area contributed by atoms with Crippen molar-refractivity contribution in [3.8, 4) is 0 Å². The van der Waals surface area contributed by atoms with E-state index < -0.39 is 0 Å². The second-order valence-electron chi connectivity index (χ2n) is 3.51. The zero-order valence-corrected chi connectivity index (χ0v) is 11.2. The van der Waals surface area contributed by atoms with Gasteiger partial charge in [-0.2, -0.15) is 0 Å². The standard InChI is InChI=1S/C9H15F.2C2H6/c1-7(6-8(2)10)9(3,4)5;2*1-2/h6H,1H2,2-5H3;2*1-2H3/b8-6+;;. The molecule has 1 heteroatoms.